The second-order valence-electron chi connectivity index (χ2n) is 3.98. The van der Waals surface area contributed by atoms with Gasteiger partial charge in [0.15, 0.2) is 0 Å². The molecule has 1 aromatic carbocycles. The highest BCUT2D eigenvalue weighted by Crippen LogP contribution is 2.29. The normalized spacial score (nSPS) is 11.8. The van der Waals surface area contributed by atoms with Crippen LogP contribution in [0.25, 0.3) is 0 Å². The SMILES string of the molecule is CCCCCc1ccc(C(F)(F)OC)cc1F. The smallest absolute Gasteiger partial charge is 0.320 e. The lowest BCUT2D eigenvalue weighted by Gasteiger charge is -2.15. The average molecular weight is 246 g/mol. The Labute approximate surface area is 99.6 Å². The van der Waals surface area contributed by atoms with Crippen molar-refractivity contribution in [3.63, 3.8) is 0 Å². The lowest BCUT2D eigenvalue weighted by Crippen LogP contribution is -2.16. The third-order valence-corrected chi connectivity index (χ3v) is 2.70. The van der Waals surface area contributed by atoms with Crippen LogP contribution in [-0.2, 0) is 17.3 Å². The van der Waals surface area contributed by atoms with E-state index in [1.54, 1.807) is 0 Å². The van der Waals surface area contributed by atoms with E-state index >= 15 is 0 Å². The summed E-state index contributed by atoms with van der Waals surface area (Å²) in [5, 5.41) is 0. The lowest BCUT2D eigenvalue weighted by molar-refractivity contribution is -0.231. The Balaban J connectivity index is 2.79. The molecule has 0 bridgehead atoms. The number of hydrogen-bond acceptors (Lipinski definition) is 1. The van der Waals surface area contributed by atoms with Crippen LogP contribution in [0.15, 0.2) is 18.2 Å². The number of methoxy groups -OCH3 is 1. The first kappa shape index (κ1) is 14.0. The molecule has 0 saturated carbocycles. The predicted octanol–water partition coefficient (Wildman–Crippen LogP) is 4.25. The van der Waals surface area contributed by atoms with Crippen molar-refractivity contribution in [3.8, 4) is 0 Å². The van der Waals surface area contributed by atoms with Crippen molar-refractivity contribution >= 4 is 0 Å². The summed E-state index contributed by atoms with van der Waals surface area (Å²) in [5.74, 6) is -0.588. The Morgan fingerprint density at radius 2 is 1.94 bits per heavy atom. The Bertz CT molecular complexity index is 364. The van der Waals surface area contributed by atoms with Crippen molar-refractivity contribution < 1.29 is 17.9 Å². The van der Waals surface area contributed by atoms with Gasteiger partial charge in [-0.25, -0.2) is 4.39 Å². The third-order valence-electron chi connectivity index (χ3n) is 2.70. The van der Waals surface area contributed by atoms with Crippen molar-refractivity contribution in [2.75, 3.05) is 7.11 Å². The van der Waals surface area contributed by atoms with Crippen LogP contribution in [0.1, 0.15) is 37.3 Å². The quantitative estimate of drug-likeness (QED) is 0.682. The Morgan fingerprint density at radius 3 is 2.47 bits per heavy atom. The number of alkyl halides is 2. The van der Waals surface area contributed by atoms with Gasteiger partial charge in [-0.3, -0.25) is 0 Å². The lowest BCUT2D eigenvalue weighted by atomic mass is 10.0. The van der Waals surface area contributed by atoms with Gasteiger partial charge in [0.1, 0.15) is 5.82 Å². The molecule has 0 atom stereocenters. The molecule has 0 N–H and O–H groups in total. The zero-order chi connectivity index (χ0) is 12.9. The van der Waals surface area contributed by atoms with Gasteiger partial charge in [0.05, 0.1) is 5.56 Å². The summed E-state index contributed by atoms with van der Waals surface area (Å²) in [4.78, 5) is 0. The van der Waals surface area contributed by atoms with Crippen LogP contribution >= 0.6 is 0 Å². The maximum absolute atomic E-state index is 13.6. The summed E-state index contributed by atoms with van der Waals surface area (Å²) in [5.41, 5.74) is 0.0332. The fourth-order valence-corrected chi connectivity index (χ4v) is 1.61. The molecule has 0 aliphatic heterocycles. The van der Waals surface area contributed by atoms with Crippen molar-refractivity contribution in [2.24, 2.45) is 0 Å². The zero-order valence-electron chi connectivity index (χ0n) is 10.1. The van der Waals surface area contributed by atoms with Crippen LogP contribution in [0.5, 0.6) is 0 Å². The zero-order valence-corrected chi connectivity index (χ0v) is 10.1. The van der Waals surface area contributed by atoms with Crippen LogP contribution in [0.4, 0.5) is 13.2 Å². The van der Waals surface area contributed by atoms with Crippen LogP contribution in [0.2, 0.25) is 0 Å². The molecule has 17 heavy (non-hydrogen) atoms. The highest BCUT2D eigenvalue weighted by Gasteiger charge is 2.31. The molecule has 0 saturated heterocycles. The highest BCUT2D eigenvalue weighted by atomic mass is 19.3. The first-order chi connectivity index (χ1) is 8.01. The molecule has 0 amide bonds. The molecule has 96 valence electrons. The van der Waals surface area contributed by atoms with E-state index in [1.807, 2.05) is 0 Å². The summed E-state index contributed by atoms with van der Waals surface area (Å²) < 4.78 is 43.8. The monoisotopic (exact) mass is 246 g/mol. The highest BCUT2D eigenvalue weighted by molar-refractivity contribution is 5.26. The van der Waals surface area contributed by atoms with E-state index in [9.17, 15) is 13.2 Å². The molecular formula is C13H17F3O. The van der Waals surface area contributed by atoms with E-state index in [4.69, 9.17) is 0 Å². The second-order valence-corrected chi connectivity index (χ2v) is 3.98. The number of rotatable bonds is 6. The van der Waals surface area contributed by atoms with E-state index in [0.29, 0.717) is 12.0 Å². The maximum Gasteiger partial charge on any atom is 0.383 e. The average Bonchev–Trinajstić information content (AvgIpc) is 2.31. The fourth-order valence-electron chi connectivity index (χ4n) is 1.61. The molecular weight excluding hydrogens is 229 g/mol. The summed E-state index contributed by atoms with van der Waals surface area (Å²) in [7, 11) is 0.896. The van der Waals surface area contributed by atoms with Crippen molar-refractivity contribution in [1.82, 2.24) is 0 Å². The van der Waals surface area contributed by atoms with Gasteiger partial charge >= 0.3 is 6.11 Å². The number of hydrogen-bond donors (Lipinski definition) is 0. The van der Waals surface area contributed by atoms with Gasteiger partial charge in [-0.15, -0.1) is 0 Å². The summed E-state index contributed by atoms with van der Waals surface area (Å²) >= 11 is 0. The van der Waals surface area contributed by atoms with E-state index in [2.05, 4.69) is 11.7 Å². The van der Waals surface area contributed by atoms with Gasteiger partial charge in [0, 0.05) is 7.11 Å². The third kappa shape index (κ3) is 3.73. The Morgan fingerprint density at radius 1 is 1.24 bits per heavy atom. The molecule has 4 heteroatoms. The van der Waals surface area contributed by atoms with Crippen molar-refractivity contribution in [2.45, 2.75) is 38.7 Å². The fraction of sp³-hybridized carbons (Fsp3) is 0.538. The largest absolute Gasteiger partial charge is 0.383 e. The molecule has 0 fully saturated rings. The number of unbranched alkanes of at least 4 members (excludes halogenated alkanes) is 2. The minimum absolute atomic E-state index is 0.447. The first-order valence-electron chi connectivity index (χ1n) is 5.73. The first-order valence-corrected chi connectivity index (χ1v) is 5.73. The standard InChI is InChI=1S/C13H17F3O/c1-3-4-5-6-10-7-8-11(9-12(10)14)13(15,16)17-2/h7-9H,3-6H2,1-2H3. The molecule has 1 aromatic rings. The molecule has 0 heterocycles. The van der Waals surface area contributed by atoms with Crippen LogP contribution in [-0.4, -0.2) is 7.11 Å². The molecule has 0 unspecified atom stereocenters. The number of aryl methyl sites for hydroxylation is 1. The Kier molecular flexibility index (Phi) is 5.00. The maximum atomic E-state index is 13.6. The van der Waals surface area contributed by atoms with Gasteiger partial charge in [-0.1, -0.05) is 25.8 Å². The molecule has 0 aliphatic rings. The minimum Gasteiger partial charge on any atom is -0.320 e. The molecule has 0 radical (unpaired) electrons. The van der Waals surface area contributed by atoms with Gasteiger partial charge in [-0.2, -0.15) is 8.78 Å². The molecule has 1 rings (SSSR count). The van der Waals surface area contributed by atoms with Crippen molar-refractivity contribution in [3.05, 3.63) is 35.1 Å². The topological polar surface area (TPSA) is 9.23 Å². The van der Waals surface area contributed by atoms with Crippen LogP contribution < -0.4 is 0 Å². The Hall–Kier alpha value is -1.03. The van der Waals surface area contributed by atoms with E-state index < -0.39 is 17.5 Å². The molecule has 0 aliphatic carbocycles. The minimum atomic E-state index is -3.43. The van der Waals surface area contributed by atoms with E-state index in [-0.39, 0.29) is 0 Å². The van der Waals surface area contributed by atoms with Crippen LogP contribution in [0.3, 0.4) is 0 Å². The molecule has 0 spiro atoms. The number of benzene rings is 1. The summed E-state index contributed by atoms with van der Waals surface area (Å²) in [6.07, 6.45) is 0.0750. The van der Waals surface area contributed by atoms with Gasteiger partial charge in [0.25, 0.3) is 0 Å². The number of halogens is 3. The van der Waals surface area contributed by atoms with Gasteiger partial charge in [0.2, 0.25) is 0 Å². The second kappa shape index (κ2) is 6.05. The van der Waals surface area contributed by atoms with Crippen LogP contribution in [0, 0.1) is 5.82 Å². The van der Waals surface area contributed by atoms with E-state index in [0.717, 1.165) is 32.4 Å². The molecule has 0 aromatic heterocycles. The van der Waals surface area contributed by atoms with Gasteiger partial charge < -0.3 is 4.74 Å². The summed E-state index contributed by atoms with van der Waals surface area (Å²) in [6, 6.07) is 3.48. The summed E-state index contributed by atoms with van der Waals surface area (Å²) in [6.45, 7) is 2.05. The van der Waals surface area contributed by atoms with Crippen molar-refractivity contribution in [1.29, 1.82) is 0 Å². The van der Waals surface area contributed by atoms with E-state index in [1.165, 1.54) is 12.1 Å². The molecule has 1 nitrogen and oxygen atoms in total. The predicted molar refractivity (Wildman–Crippen MR) is 60.5 cm³/mol. The number of ether oxygens (including phenoxy) is 1. The van der Waals surface area contributed by atoms with Gasteiger partial charge in [-0.05, 0) is 30.5 Å².